The molecule has 106 valence electrons. The summed E-state index contributed by atoms with van der Waals surface area (Å²) >= 11 is 0. The van der Waals surface area contributed by atoms with Crippen molar-refractivity contribution in [1.29, 1.82) is 0 Å². The number of rotatable bonds is 6. The molecule has 0 aromatic carbocycles. The molecule has 0 aliphatic carbocycles. The lowest BCUT2D eigenvalue weighted by Gasteiger charge is -2.34. The fourth-order valence-electron chi connectivity index (χ4n) is 2.62. The van der Waals surface area contributed by atoms with Crippen molar-refractivity contribution >= 4 is 5.96 Å². The van der Waals surface area contributed by atoms with Gasteiger partial charge in [0.05, 0.1) is 6.54 Å². The first-order valence-corrected chi connectivity index (χ1v) is 7.58. The first-order chi connectivity index (χ1) is 8.81. The number of nitrogens with zero attached hydrogens (tertiary/aromatic N) is 2. The topological polar surface area (TPSA) is 39.7 Å². The summed E-state index contributed by atoms with van der Waals surface area (Å²) in [4.78, 5) is 7.23. The van der Waals surface area contributed by atoms with Gasteiger partial charge < -0.3 is 10.6 Å². The zero-order valence-corrected chi connectivity index (χ0v) is 12.3. The van der Waals surface area contributed by atoms with Crippen LogP contribution >= 0.6 is 0 Å². The van der Waals surface area contributed by atoms with Crippen LogP contribution in [0.15, 0.2) is 4.99 Å². The average Bonchev–Trinajstić information content (AvgIpc) is 2.40. The van der Waals surface area contributed by atoms with Gasteiger partial charge in [-0.25, -0.2) is 0 Å². The normalized spacial score (nSPS) is 20.5. The molecule has 0 radical (unpaired) electrons. The second kappa shape index (κ2) is 9.20. The first kappa shape index (κ1) is 15.3. The van der Waals surface area contributed by atoms with Crippen molar-refractivity contribution in [2.45, 2.75) is 52.5 Å². The predicted octanol–water partition coefficient (Wildman–Crippen LogP) is 1.83. The molecule has 18 heavy (non-hydrogen) atoms. The van der Waals surface area contributed by atoms with E-state index in [9.17, 15) is 0 Å². The lowest BCUT2D eigenvalue weighted by atomic mass is 10.0. The fraction of sp³-hybridized carbons (Fsp3) is 0.929. The van der Waals surface area contributed by atoms with Crippen LogP contribution in [0, 0.1) is 0 Å². The first-order valence-electron chi connectivity index (χ1n) is 7.58. The quantitative estimate of drug-likeness (QED) is 0.561. The summed E-state index contributed by atoms with van der Waals surface area (Å²) in [6.45, 7) is 11.6. The highest BCUT2D eigenvalue weighted by atomic mass is 15.2. The van der Waals surface area contributed by atoms with Crippen molar-refractivity contribution in [1.82, 2.24) is 15.5 Å². The Hall–Kier alpha value is -0.770. The highest BCUT2D eigenvalue weighted by Crippen LogP contribution is 2.18. The Morgan fingerprint density at radius 2 is 1.89 bits per heavy atom. The highest BCUT2D eigenvalue weighted by Gasteiger charge is 2.19. The molecule has 4 heteroatoms. The number of piperidine rings is 1. The molecule has 1 aliphatic rings. The lowest BCUT2D eigenvalue weighted by molar-refractivity contribution is 0.148. The summed E-state index contributed by atoms with van der Waals surface area (Å²) in [7, 11) is 0. The van der Waals surface area contributed by atoms with Crippen LogP contribution < -0.4 is 10.6 Å². The number of guanidine groups is 1. The predicted molar refractivity (Wildman–Crippen MR) is 79.2 cm³/mol. The van der Waals surface area contributed by atoms with Gasteiger partial charge in [-0.3, -0.25) is 9.89 Å². The van der Waals surface area contributed by atoms with E-state index in [0.717, 1.165) is 38.2 Å². The molecule has 1 rings (SSSR count). The lowest BCUT2D eigenvalue weighted by Crippen LogP contribution is -2.41. The van der Waals surface area contributed by atoms with Crippen molar-refractivity contribution in [2.75, 3.05) is 32.7 Å². The van der Waals surface area contributed by atoms with Crippen LogP contribution in [0.2, 0.25) is 0 Å². The Labute approximate surface area is 112 Å². The average molecular weight is 254 g/mol. The van der Waals surface area contributed by atoms with Gasteiger partial charge in [-0.1, -0.05) is 13.3 Å². The standard InChI is InChI=1S/C14H30N4/c1-4-13-9-7-8-11-18(13)12-10-17-14(15-5-2)16-6-3/h13H,4-12H2,1-3H3,(H2,15,16,17). The third-order valence-corrected chi connectivity index (χ3v) is 3.57. The summed E-state index contributed by atoms with van der Waals surface area (Å²) in [6, 6.07) is 0.788. The third kappa shape index (κ3) is 5.25. The van der Waals surface area contributed by atoms with E-state index in [2.05, 4.69) is 41.3 Å². The molecule has 1 heterocycles. The number of likely N-dealkylation sites (tertiary alicyclic amines) is 1. The van der Waals surface area contributed by atoms with Crippen molar-refractivity contribution in [3.05, 3.63) is 0 Å². The van der Waals surface area contributed by atoms with Crippen molar-refractivity contribution < 1.29 is 0 Å². The van der Waals surface area contributed by atoms with Crippen LogP contribution in [-0.4, -0.2) is 49.6 Å². The Kier molecular flexibility index (Phi) is 7.81. The summed E-state index contributed by atoms with van der Waals surface area (Å²) < 4.78 is 0. The molecule has 1 unspecified atom stereocenters. The van der Waals surface area contributed by atoms with E-state index in [0.29, 0.717) is 0 Å². The molecule has 0 aromatic heterocycles. The highest BCUT2D eigenvalue weighted by molar-refractivity contribution is 5.79. The van der Waals surface area contributed by atoms with E-state index in [-0.39, 0.29) is 0 Å². The van der Waals surface area contributed by atoms with Gasteiger partial charge in [0.25, 0.3) is 0 Å². The number of hydrogen-bond donors (Lipinski definition) is 2. The van der Waals surface area contributed by atoms with Crippen LogP contribution in [-0.2, 0) is 0 Å². The van der Waals surface area contributed by atoms with Crippen molar-refractivity contribution in [2.24, 2.45) is 4.99 Å². The fourth-order valence-corrected chi connectivity index (χ4v) is 2.62. The number of nitrogens with one attached hydrogen (secondary N) is 2. The molecule has 4 nitrogen and oxygen atoms in total. The minimum atomic E-state index is 0.788. The third-order valence-electron chi connectivity index (χ3n) is 3.57. The van der Waals surface area contributed by atoms with Crippen LogP contribution in [0.3, 0.4) is 0 Å². The molecule has 2 N–H and O–H groups in total. The Morgan fingerprint density at radius 3 is 2.50 bits per heavy atom. The van der Waals surface area contributed by atoms with Crippen LogP contribution in [0.4, 0.5) is 0 Å². The van der Waals surface area contributed by atoms with Crippen LogP contribution in [0.5, 0.6) is 0 Å². The molecular formula is C14H30N4. The number of hydrogen-bond acceptors (Lipinski definition) is 2. The maximum Gasteiger partial charge on any atom is 0.191 e. The second-order valence-electron chi connectivity index (χ2n) is 4.88. The molecule has 0 spiro atoms. The summed E-state index contributed by atoms with van der Waals surface area (Å²) in [5, 5.41) is 6.53. The largest absolute Gasteiger partial charge is 0.357 e. The molecule has 1 aliphatic heterocycles. The van der Waals surface area contributed by atoms with Gasteiger partial charge >= 0.3 is 0 Å². The molecule has 1 saturated heterocycles. The van der Waals surface area contributed by atoms with Gasteiger partial charge in [-0.2, -0.15) is 0 Å². The number of aliphatic imine (C=N–C) groups is 1. The zero-order chi connectivity index (χ0) is 13.2. The monoisotopic (exact) mass is 254 g/mol. The molecule has 0 saturated carbocycles. The maximum atomic E-state index is 4.62. The van der Waals surface area contributed by atoms with Gasteiger partial charge in [0.15, 0.2) is 5.96 Å². The van der Waals surface area contributed by atoms with Gasteiger partial charge in [0.1, 0.15) is 0 Å². The van der Waals surface area contributed by atoms with Crippen LogP contribution in [0.1, 0.15) is 46.5 Å². The Bertz CT molecular complexity index is 232. The zero-order valence-electron chi connectivity index (χ0n) is 12.3. The summed E-state index contributed by atoms with van der Waals surface area (Å²) in [5.74, 6) is 0.949. The van der Waals surface area contributed by atoms with E-state index in [1.807, 2.05) is 0 Å². The molecular weight excluding hydrogens is 224 g/mol. The van der Waals surface area contributed by atoms with Crippen molar-refractivity contribution in [3.8, 4) is 0 Å². The van der Waals surface area contributed by atoms with Gasteiger partial charge in [0.2, 0.25) is 0 Å². The maximum absolute atomic E-state index is 4.62. The van der Waals surface area contributed by atoms with E-state index in [4.69, 9.17) is 0 Å². The van der Waals surface area contributed by atoms with E-state index < -0.39 is 0 Å². The Morgan fingerprint density at radius 1 is 1.17 bits per heavy atom. The smallest absolute Gasteiger partial charge is 0.191 e. The van der Waals surface area contributed by atoms with Crippen molar-refractivity contribution in [3.63, 3.8) is 0 Å². The Balaban J connectivity index is 2.34. The molecule has 0 aromatic rings. The van der Waals surface area contributed by atoms with Crippen LogP contribution in [0.25, 0.3) is 0 Å². The molecule has 0 amide bonds. The molecule has 1 fully saturated rings. The minimum Gasteiger partial charge on any atom is -0.357 e. The minimum absolute atomic E-state index is 0.788. The van der Waals surface area contributed by atoms with Gasteiger partial charge in [-0.05, 0) is 39.7 Å². The molecule has 0 bridgehead atoms. The summed E-state index contributed by atoms with van der Waals surface area (Å²) in [5.41, 5.74) is 0. The summed E-state index contributed by atoms with van der Waals surface area (Å²) in [6.07, 6.45) is 5.40. The van der Waals surface area contributed by atoms with Gasteiger partial charge in [0, 0.05) is 25.7 Å². The van der Waals surface area contributed by atoms with E-state index in [1.165, 1.54) is 32.2 Å². The SMILES string of the molecule is CCNC(=NCCN1CCCCC1CC)NCC. The van der Waals surface area contributed by atoms with Gasteiger partial charge in [-0.15, -0.1) is 0 Å². The van der Waals surface area contributed by atoms with E-state index >= 15 is 0 Å². The second-order valence-corrected chi connectivity index (χ2v) is 4.88. The molecule has 1 atom stereocenters. The van der Waals surface area contributed by atoms with E-state index in [1.54, 1.807) is 0 Å².